The Morgan fingerprint density at radius 2 is 1.96 bits per heavy atom. The maximum atomic E-state index is 12.7. The van der Waals surface area contributed by atoms with E-state index in [9.17, 15) is 4.39 Å². The van der Waals surface area contributed by atoms with E-state index in [1.165, 1.54) is 0 Å². The second-order valence-electron chi connectivity index (χ2n) is 5.79. The van der Waals surface area contributed by atoms with Crippen LogP contribution in [0.25, 0.3) is 28.3 Å². The SMILES string of the molecule is FCCCc1cc(-n2ccnc2)cnc1-c1ccc(-c2nnn[nH]2)cc1. The van der Waals surface area contributed by atoms with Gasteiger partial charge in [0.05, 0.1) is 30.6 Å². The van der Waals surface area contributed by atoms with Crippen molar-refractivity contribution in [3.63, 3.8) is 0 Å². The monoisotopic (exact) mass is 349 g/mol. The molecule has 7 nitrogen and oxygen atoms in total. The molecule has 1 aromatic carbocycles. The second-order valence-corrected chi connectivity index (χ2v) is 5.79. The Balaban J connectivity index is 1.70. The van der Waals surface area contributed by atoms with Gasteiger partial charge in [-0.3, -0.25) is 9.37 Å². The van der Waals surface area contributed by atoms with E-state index in [1.807, 2.05) is 41.1 Å². The Labute approximate surface area is 148 Å². The topological polar surface area (TPSA) is 85.2 Å². The van der Waals surface area contributed by atoms with Crippen molar-refractivity contribution in [3.05, 3.63) is 60.8 Å². The van der Waals surface area contributed by atoms with Crippen LogP contribution >= 0.6 is 0 Å². The van der Waals surface area contributed by atoms with Crippen LogP contribution in [0.1, 0.15) is 12.0 Å². The molecule has 8 heteroatoms. The number of hydrogen-bond donors (Lipinski definition) is 1. The van der Waals surface area contributed by atoms with Crippen LogP contribution in [0.2, 0.25) is 0 Å². The third-order valence-electron chi connectivity index (χ3n) is 4.11. The number of nitrogens with one attached hydrogen (secondary N) is 1. The summed E-state index contributed by atoms with van der Waals surface area (Å²) in [5.74, 6) is 0.609. The number of aryl methyl sites for hydroxylation is 1. The van der Waals surface area contributed by atoms with Gasteiger partial charge in [0.1, 0.15) is 0 Å². The zero-order chi connectivity index (χ0) is 17.8. The van der Waals surface area contributed by atoms with Crippen molar-refractivity contribution in [2.45, 2.75) is 12.8 Å². The minimum Gasteiger partial charge on any atom is -0.305 e. The molecule has 26 heavy (non-hydrogen) atoms. The van der Waals surface area contributed by atoms with Crippen molar-refractivity contribution in [2.24, 2.45) is 0 Å². The molecule has 0 atom stereocenters. The van der Waals surface area contributed by atoms with Crippen molar-refractivity contribution in [3.8, 4) is 28.3 Å². The highest BCUT2D eigenvalue weighted by atomic mass is 19.1. The van der Waals surface area contributed by atoms with Gasteiger partial charge in [-0.05, 0) is 34.9 Å². The first-order chi connectivity index (χ1) is 12.8. The quantitative estimate of drug-likeness (QED) is 0.578. The average Bonchev–Trinajstić information content (AvgIpc) is 3.40. The van der Waals surface area contributed by atoms with Crippen LogP contribution in [0.3, 0.4) is 0 Å². The number of aromatic nitrogens is 7. The highest BCUT2D eigenvalue weighted by molar-refractivity contribution is 5.68. The normalized spacial score (nSPS) is 11.0. The first-order valence-corrected chi connectivity index (χ1v) is 8.23. The summed E-state index contributed by atoms with van der Waals surface area (Å²) in [7, 11) is 0. The molecule has 0 saturated heterocycles. The van der Waals surface area contributed by atoms with Crippen LogP contribution in [0, 0.1) is 0 Å². The third kappa shape index (κ3) is 3.21. The van der Waals surface area contributed by atoms with Crippen LogP contribution in [0.4, 0.5) is 4.39 Å². The minimum absolute atomic E-state index is 0.355. The van der Waals surface area contributed by atoms with Crippen LogP contribution in [-0.2, 0) is 6.42 Å². The second kappa shape index (κ2) is 7.22. The number of hydrogen-bond acceptors (Lipinski definition) is 5. The van der Waals surface area contributed by atoms with Crippen LogP contribution in [0.15, 0.2) is 55.2 Å². The molecule has 130 valence electrons. The van der Waals surface area contributed by atoms with E-state index in [2.05, 4.69) is 30.6 Å². The largest absolute Gasteiger partial charge is 0.305 e. The average molecular weight is 349 g/mol. The number of nitrogens with zero attached hydrogens (tertiary/aromatic N) is 6. The molecule has 0 aliphatic carbocycles. The van der Waals surface area contributed by atoms with Crippen LogP contribution in [0.5, 0.6) is 0 Å². The molecule has 0 amide bonds. The van der Waals surface area contributed by atoms with Gasteiger partial charge in [-0.1, -0.05) is 24.3 Å². The molecule has 0 aliphatic rings. The summed E-state index contributed by atoms with van der Waals surface area (Å²) in [5, 5.41) is 13.8. The van der Waals surface area contributed by atoms with Crippen LogP contribution in [-0.4, -0.2) is 41.8 Å². The summed E-state index contributed by atoms with van der Waals surface area (Å²) in [6.45, 7) is -0.355. The molecule has 0 spiro atoms. The minimum atomic E-state index is -0.355. The predicted molar refractivity (Wildman–Crippen MR) is 94.3 cm³/mol. The highest BCUT2D eigenvalue weighted by Crippen LogP contribution is 2.26. The van der Waals surface area contributed by atoms with Crippen molar-refractivity contribution < 1.29 is 4.39 Å². The van der Waals surface area contributed by atoms with Gasteiger partial charge >= 0.3 is 0 Å². The first-order valence-electron chi connectivity index (χ1n) is 8.23. The molecule has 0 radical (unpaired) electrons. The number of rotatable bonds is 6. The summed E-state index contributed by atoms with van der Waals surface area (Å²) in [6, 6.07) is 9.84. The zero-order valence-corrected chi connectivity index (χ0v) is 13.9. The fourth-order valence-corrected chi connectivity index (χ4v) is 2.83. The van der Waals surface area contributed by atoms with Gasteiger partial charge in [-0.25, -0.2) is 10.1 Å². The summed E-state index contributed by atoms with van der Waals surface area (Å²) in [6.07, 6.45) is 8.17. The number of alkyl halides is 1. The summed E-state index contributed by atoms with van der Waals surface area (Å²) in [4.78, 5) is 8.69. The number of tetrazole rings is 1. The maximum absolute atomic E-state index is 12.7. The number of benzene rings is 1. The molecule has 4 aromatic rings. The number of halogens is 1. The van der Waals surface area contributed by atoms with Gasteiger partial charge in [0.2, 0.25) is 0 Å². The van der Waals surface area contributed by atoms with E-state index >= 15 is 0 Å². The standard InChI is InChI=1S/C18H16FN7/c19-7-1-2-15-10-16(26-9-8-20-12-26)11-21-17(15)13-3-5-14(6-4-13)18-22-24-25-23-18/h3-6,8-12H,1-2,7H2,(H,22,23,24,25). The molecule has 0 aliphatic heterocycles. The molecule has 4 rings (SSSR count). The van der Waals surface area contributed by atoms with E-state index in [0.717, 1.165) is 28.1 Å². The molecule has 0 unspecified atom stereocenters. The predicted octanol–water partition coefficient (Wildman–Crippen LogP) is 3.02. The fraction of sp³-hybridized carbons (Fsp3) is 0.167. The van der Waals surface area contributed by atoms with Crippen molar-refractivity contribution >= 4 is 0 Å². The first kappa shape index (κ1) is 16.1. The van der Waals surface area contributed by atoms with Gasteiger partial charge in [0.15, 0.2) is 5.82 Å². The number of aromatic amines is 1. The highest BCUT2D eigenvalue weighted by Gasteiger charge is 2.10. The lowest BCUT2D eigenvalue weighted by Gasteiger charge is -2.11. The third-order valence-corrected chi connectivity index (χ3v) is 4.11. The van der Waals surface area contributed by atoms with E-state index in [-0.39, 0.29) is 6.67 Å². The lowest BCUT2D eigenvalue weighted by Crippen LogP contribution is -1.99. The summed E-state index contributed by atoms with van der Waals surface area (Å²) < 4.78 is 14.6. The van der Waals surface area contributed by atoms with Crippen molar-refractivity contribution in [1.82, 2.24) is 35.2 Å². The van der Waals surface area contributed by atoms with Gasteiger partial charge < -0.3 is 4.57 Å². The molecular formula is C18H16FN7. The molecule has 0 saturated carbocycles. The molecule has 0 fully saturated rings. The molecule has 1 N–H and O–H groups in total. The fourth-order valence-electron chi connectivity index (χ4n) is 2.83. The summed E-state index contributed by atoms with van der Waals surface area (Å²) in [5.41, 5.74) is 4.61. The lowest BCUT2D eigenvalue weighted by molar-refractivity contribution is 0.473. The molecule has 0 bridgehead atoms. The van der Waals surface area contributed by atoms with Crippen molar-refractivity contribution in [2.75, 3.05) is 6.67 Å². The van der Waals surface area contributed by atoms with E-state index < -0.39 is 0 Å². The van der Waals surface area contributed by atoms with Gasteiger partial charge in [-0.15, -0.1) is 5.10 Å². The van der Waals surface area contributed by atoms with Gasteiger partial charge in [-0.2, -0.15) is 0 Å². The van der Waals surface area contributed by atoms with Crippen molar-refractivity contribution in [1.29, 1.82) is 0 Å². The number of H-pyrrole nitrogens is 1. The zero-order valence-electron chi connectivity index (χ0n) is 13.9. The number of pyridine rings is 1. The van der Waals surface area contributed by atoms with E-state index in [4.69, 9.17) is 0 Å². The summed E-state index contributed by atoms with van der Waals surface area (Å²) >= 11 is 0. The molecule has 3 aromatic heterocycles. The van der Waals surface area contributed by atoms with Gasteiger partial charge in [0.25, 0.3) is 0 Å². The molecular weight excluding hydrogens is 333 g/mol. The smallest absolute Gasteiger partial charge is 0.179 e. The van der Waals surface area contributed by atoms with E-state index in [1.54, 1.807) is 18.7 Å². The lowest BCUT2D eigenvalue weighted by atomic mass is 10.0. The van der Waals surface area contributed by atoms with Gasteiger partial charge in [0, 0.05) is 23.5 Å². The Morgan fingerprint density at radius 1 is 1.12 bits per heavy atom. The van der Waals surface area contributed by atoms with E-state index in [0.29, 0.717) is 18.7 Å². The van der Waals surface area contributed by atoms with Crippen LogP contribution < -0.4 is 0 Å². The Kier molecular flexibility index (Phi) is 4.46. The number of imidazole rings is 1. The molecule has 3 heterocycles. The Hall–Kier alpha value is -3.42. The Morgan fingerprint density at radius 3 is 2.65 bits per heavy atom. The Bertz CT molecular complexity index is 963. The maximum Gasteiger partial charge on any atom is 0.179 e.